The number of hydrogen-bond donors (Lipinski definition) is 0. The molecule has 0 aliphatic heterocycles. The van der Waals surface area contributed by atoms with E-state index in [-0.39, 0.29) is 17.6 Å². The Labute approximate surface area is 113 Å². The summed E-state index contributed by atoms with van der Waals surface area (Å²) in [6, 6.07) is 5.93. The molecule has 0 atom stereocenters. The third-order valence-corrected chi connectivity index (χ3v) is 2.51. The van der Waals surface area contributed by atoms with Gasteiger partial charge in [-0.25, -0.2) is 0 Å². The van der Waals surface area contributed by atoms with E-state index in [0.29, 0.717) is 24.5 Å². The molecule has 0 aliphatic rings. The second-order valence-corrected chi connectivity index (χ2v) is 3.96. The third kappa shape index (κ3) is 3.41. The Morgan fingerprint density at radius 1 is 1.37 bits per heavy atom. The van der Waals surface area contributed by atoms with Crippen LogP contribution in [0.2, 0.25) is 0 Å². The number of benzene rings is 1. The summed E-state index contributed by atoms with van der Waals surface area (Å²) in [6.07, 6.45) is 0.683. The van der Waals surface area contributed by atoms with E-state index in [1.807, 2.05) is 0 Å². The molecule has 0 spiro atoms. The molecular formula is C11H10ClN3O4. The topological polar surface area (TPSA) is 91.3 Å². The Bertz CT molecular complexity index is 555. The highest BCUT2D eigenvalue weighted by Crippen LogP contribution is 2.22. The van der Waals surface area contributed by atoms with Gasteiger partial charge < -0.3 is 9.26 Å². The van der Waals surface area contributed by atoms with E-state index in [9.17, 15) is 10.1 Å². The fourth-order valence-electron chi connectivity index (χ4n) is 1.33. The van der Waals surface area contributed by atoms with Crippen molar-refractivity contribution in [2.45, 2.75) is 6.42 Å². The van der Waals surface area contributed by atoms with Crippen LogP contribution in [0.25, 0.3) is 11.5 Å². The lowest BCUT2D eigenvalue weighted by atomic mass is 10.2. The van der Waals surface area contributed by atoms with Crippen LogP contribution in [0.5, 0.6) is 6.01 Å². The minimum absolute atomic E-state index is 0.00171. The molecule has 1 aromatic heterocycles. The molecular weight excluding hydrogens is 274 g/mol. The van der Waals surface area contributed by atoms with Crippen LogP contribution in [0.3, 0.4) is 0 Å². The van der Waals surface area contributed by atoms with Crippen molar-refractivity contribution in [1.29, 1.82) is 0 Å². The lowest BCUT2D eigenvalue weighted by molar-refractivity contribution is -0.384. The summed E-state index contributed by atoms with van der Waals surface area (Å²) in [5.41, 5.74) is 0.590. The quantitative estimate of drug-likeness (QED) is 0.350. The number of halogens is 1. The Hall–Kier alpha value is -2.15. The molecule has 2 rings (SSSR count). The average Bonchev–Trinajstić information content (AvgIpc) is 2.88. The van der Waals surface area contributed by atoms with Gasteiger partial charge in [0.25, 0.3) is 11.6 Å². The van der Waals surface area contributed by atoms with Gasteiger partial charge >= 0.3 is 6.01 Å². The number of alkyl halides is 1. The Morgan fingerprint density at radius 3 is 2.74 bits per heavy atom. The maximum absolute atomic E-state index is 10.5. The maximum Gasteiger partial charge on any atom is 0.354 e. The Morgan fingerprint density at radius 2 is 2.11 bits per heavy atom. The van der Waals surface area contributed by atoms with Gasteiger partial charge in [-0.2, -0.15) is 4.98 Å². The van der Waals surface area contributed by atoms with Gasteiger partial charge in [0.05, 0.1) is 11.5 Å². The molecule has 1 aromatic carbocycles. The SMILES string of the molecule is O=[N+]([O-])c1ccc(-c2nc(OCCCCl)no2)cc1. The van der Waals surface area contributed by atoms with E-state index in [2.05, 4.69) is 10.1 Å². The summed E-state index contributed by atoms with van der Waals surface area (Å²) in [5, 5.41) is 14.2. The molecule has 0 aliphatic carbocycles. The lowest BCUT2D eigenvalue weighted by Crippen LogP contribution is -1.98. The van der Waals surface area contributed by atoms with Crippen molar-refractivity contribution in [3.05, 3.63) is 34.4 Å². The fourth-order valence-corrected chi connectivity index (χ4v) is 1.44. The third-order valence-electron chi connectivity index (χ3n) is 2.24. The van der Waals surface area contributed by atoms with Gasteiger partial charge in [0, 0.05) is 23.6 Å². The molecule has 0 bridgehead atoms. The summed E-state index contributed by atoms with van der Waals surface area (Å²) in [6.45, 7) is 0.405. The van der Waals surface area contributed by atoms with Gasteiger partial charge in [0.1, 0.15) is 0 Å². The predicted octanol–water partition coefficient (Wildman–Crippen LogP) is 2.65. The van der Waals surface area contributed by atoms with Gasteiger partial charge in [-0.15, -0.1) is 11.6 Å². The van der Waals surface area contributed by atoms with Crippen LogP contribution in [0.4, 0.5) is 5.69 Å². The molecule has 100 valence electrons. The van der Waals surface area contributed by atoms with Crippen molar-refractivity contribution < 1.29 is 14.2 Å². The zero-order chi connectivity index (χ0) is 13.7. The number of hydrogen-bond acceptors (Lipinski definition) is 6. The van der Waals surface area contributed by atoms with E-state index in [0.717, 1.165) is 0 Å². The number of nitrogens with zero attached hydrogens (tertiary/aromatic N) is 3. The predicted molar refractivity (Wildman–Crippen MR) is 67.2 cm³/mol. The summed E-state index contributed by atoms with van der Waals surface area (Å²) in [7, 11) is 0. The van der Waals surface area contributed by atoms with Crippen molar-refractivity contribution in [2.24, 2.45) is 0 Å². The normalized spacial score (nSPS) is 10.4. The van der Waals surface area contributed by atoms with E-state index >= 15 is 0 Å². The first-order valence-corrected chi connectivity index (χ1v) is 6.01. The maximum atomic E-state index is 10.5. The minimum Gasteiger partial charge on any atom is -0.461 e. The highest BCUT2D eigenvalue weighted by molar-refractivity contribution is 6.17. The molecule has 0 saturated carbocycles. The molecule has 1 heterocycles. The number of ether oxygens (including phenoxy) is 1. The van der Waals surface area contributed by atoms with Crippen LogP contribution in [-0.4, -0.2) is 27.6 Å². The van der Waals surface area contributed by atoms with Gasteiger partial charge in [0.15, 0.2) is 0 Å². The molecule has 0 N–H and O–H groups in total. The van der Waals surface area contributed by atoms with Gasteiger partial charge in [-0.1, -0.05) is 0 Å². The molecule has 7 nitrogen and oxygen atoms in total. The fraction of sp³-hybridized carbons (Fsp3) is 0.273. The zero-order valence-corrected chi connectivity index (χ0v) is 10.5. The van der Waals surface area contributed by atoms with Crippen molar-refractivity contribution in [3.63, 3.8) is 0 Å². The summed E-state index contributed by atoms with van der Waals surface area (Å²) < 4.78 is 10.2. The van der Waals surface area contributed by atoms with Crippen molar-refractivity contribution in [3.8, 4) is 17.5 Å². The first-order valence-electron chi connectivity index (χ1n) is 5.48. The molecule has 0 unspecified atom stereocenters. The Balaban J connectivity index is 2.07. The van der Waals surface area contributed by atoms with Crippen LogP contribution >= 0.6 is 11.6 Å². The zero-order valence-electron chi connectivity index (χ0n) is 9.78. The van der Waals surface area contributed by atoms with Gasteiger partial charge in [0.2, 0.25) is 0 Å². The average molecular weight is 284 g/mol. The summed E-state index contributed by atoms with van der Waals surface area (Å²) in [4.78, 5) is 14.1. The second-order valence-electron chi connectivity index (χ2n) is 3.58. The van der Waals surface area contributed by atoms with Gasteiger partial charge in [-0.05, 0) is 23.7 Å². The van der Waals surface area contributed by atoms with Crippen LogP contribution in [-0.2, 0) is 0 Å². The molecule has 2 aromatic rings. The van der Waals surface area contributed by atoms with Crippen LogP contribution in [0, 0.1) is 10.1 Å². The Kier molecular flexibility index (Phi) is 4.30. The largest absolute Gasteiger partial charge is 0.461 e. The number of rotatable bonds is 6. The van der Waals surface area contributed by atoms with Crippen molar-refractivity contribution in [2.75, 3.05) is 12.5 Å². The second kappa shape index (κ2) is 6.14. The number of nitro groups is 1. The highest BCUT2D eigenvalue weighted by Gasteiger charge is 2.11. The summed E-state index contributed by atoms with van der Waals surface area (Å²) in [5.74, 6) is 0.739. The van der Waals surface area contributed by atoms with Crippen molar-refractivity contribution >= 4 is 17.3 Å². The smallest absolute Gasteiger partial charge is 0.354 e. The monoisotopic (exact) mass is 283 g/mol. The van der Waals surface area contributed by atoms with E-state index < -0.39 is 4.92 Å². The van der Waals surface area contributed by atoms with Crippen LogP contribution in [0.1, 0.15) is 6.42 Å². The first kappa shape index (κ1) is 13.3. The molecule has 19 heavy (non-hydrogen) atoms. The number of nitro benzene ring substituents is 1. The highest BCUT2D eigenvalue weighted by atomic mass is 35.5. The molecule has 0 fully saturated rings. The molecule has 0 saturated heterocycles. The molecule has 8 heteroatoms. The van der Waals surface area contributed by atoms with Crippen LogP contribution < -0.4 is 4.74 Å². The summed E-state index contributed by atoms with van der Waals surface area (Å²) >= 11 is 5.51. The van der Waals surface area contributed by atoms with E-state index in [1.165, 1.54) is 24.3 Å². The van der Waals surface area contributed by atoms with E-state index in [4.69, 9.17) is 20.9 Å². The molecule has 0 radical (unpaired) electrons. The standard InChI is InChI=1S/C11H10ClN3O4/c12-6-1-7-18-11-13-10(19-14-11)8-2-4-9(5-3-8)15(16)17/h2-5H,1,6-7H2. The number of aromatic nitrogens is 2. The van der Waals surface area contributed by atoms with E-state index in [1.54, 1.807) is 0 Å². The first-order chi connectivity index (χ1) is 9.20. The molecule has 0 amide bonds. The van der Waals surface area contributed by atoms with Crippen molar-refractivity contribution in [1.82, 2.24) is 10.1 Å². The number of non-ortho nitro benzene ring substituents is 1. The lowest BCUT2D eigenvalue weighted by Gasteiger charge is -1.96. The van der Waals surface area contributed by atoms with Gasteiger partial charge in [-0.3, -0.25) is 10.1 Å². The minimum atomic E-state index is -0.474. The van der Waals surface area contributed by atoms with Crippen LogP contribution in [0.15, 0.2) is 28.8 Å².